The summed E-state index contributed by atoms with van der Waals surface area (Å²) >= 11 is 0. The second kappa shape index (κ2) is 6.92. The van der Waals surface area contributed by atoms with Gasteiger partial charge in [0, 0.05) is 15.5 Å². The van der Waals surface area contributed by atoms with Gasteiger partial charge in [0.1, 0.15) is 5.69 Å². The highest BCUT2D eigenvalue weighted by molar-refractivity contribution is 6.03. The first-order valence-electron chi connectivity index (χ1n) is 7.58. The first-order valence-corrected chi connectivity index (χ1v) is 7.58. The lowest BCUT2D eigenvalue weighted by atomic mass is 10.1. The van der Waals surface area contributed by atoms with Gasteiger partial charge in [-0.2, -0.15) is 0 Å². The fourth-order valence-corrected chi connectivity index (χ4v) is 2.30. The van der Waals surface area contributed by atoms with Crippen LogP contribution in [0.2, 0.25) is 0 Å². The number of benzene rings is 2. The number of aromatic carboxylic acids is 1. The van der Waals surface area contributed by atoms with E-state index in [1.165, 1.54) is 12.1 Å². The van der Waals surface area contributed by atoms with Crippen molar-refractivity contribution >= 4 is 17.6 Å². The Kier molecular flexibility index (Phi) is 4.52. The third-order valence-corrected chi connectivity index (χ3v) is 3.63. The normalized spacial score (nSPS) is 10.3. The van der Waals surface area contributed by atoms with Gasteiger partial charge in [0.05, 0.1) is 23.1 Å². The summed E-state index contributed by atoms with van der Waals surface area (Å²) < 4.78 is 0. The van der Waals surface area contributed by atoms with E-state index < -0.39 is 5.97 Å². The molecule has 1 amide bonds. The Labute approximate surface area is 148 Å². The summed E-state index contributed by atoms with van der Waals surface area (Å²) in [5.41, 5.74) is 2.78. The molecule has 0 unspecified atom stereocenters. The van der Waals surface area contributed by atoms with Crippen LogP contribution in [-0.2, 0) is 0 Å². The zero-order valence-electron chi connectivity index (χ0n) is 13.4. The molecule has 2 N–H and O–H groups in total. The van der Waals surface area contributed by atoms with Crippen LogP contribution in [0.5, 0.6) is 0 Å². The van der Waals surface area contributed by atoms with Crippen molar-refractivity contribution in [3.05, 3.63) is 77.7 Å². The number of para-hydroxylation sites is 1. The molecule has 0 aliphatic heterocycles. The number of nitrogens with zero attached hydrogens (tertiary/aromatic N) is 2. The Morgan fingerprint density at radius 2 is 1.72 bits per heavy atom. The standard InChI is InChI=1S/C19H15N3O3.3H2/c1-12-17(18(23)21-15-5-3-2-4-6-15)22-16(11-20-12)13-7-9-14(10-8-13)19(24)25;;;/h2-11H,1H3,(H,21,23)(H,24,25);3*1H. The number of hydrogen-bond donors (Lipinski definition) is 2. The average molecular weight is 339 g/mol. The summed E-state index contributed by atoms with van der Waals surface area (Å²) in [5, 5.41) is 11.7. The molecule has 1 aromatic heterocycles. The molecule has 0 spiro atoms. The van der Waals surface area contributed by atoms with Gasteiger partial charge in [0.15, 0.2) is 0 Å². The molecular weight excluding hydrogens is 318 g/mol. The van der Waals surface area contributed by atoms with Gasteiger partial charge in [-0.15, -0.1) is 0 Å². The minimum Gasteiger partial charge on any atom is -0.478 e. The van der Waals surface area contributed by atoms with Crippen LogP contribution in [0.1, 0.15) is 30.8 Å². The molecule has 0 radical (unpaired) electrons. The minimum absolute atomic E-state index is 0. The topological polar surface area (TPSA) is 92.2 Å². The molecule has 1 heterocycles. The molecule has 2 aromatic carbocycles. The Balaban J connectivity index is 0.00000243. The van der Waals surface area contributed by atoms with Crippen LogP contribution in [0.4, 0.5) is 5.69 Å². The van der Waals surface area contributed by atoms with E-state index in [2.05, 4.69) is 15.3 Å². The van der Waals surface area contributed by atoms with Crippen molar-refractivity contribution in [2.24, 2.45) is 0 Å². The molecule has 0 bridgehead atoms. The Bertz CT molecular complexity index is 936. The number of hydrogen-bond acceptors (Lipinski definition) is 4. The smallest absolute Gasteiger partial charge is 0.335 e. The van der Waals surface area contributed by atoms with E-state index in [1.807, 2.05) is 18.2 Å². The number of carbonyl (C=O) groups excluding carboxylic acids is 1. The Hall–Kier alpha value is -3.54. The first-order chi connectivity index (χ1) is 12.0. The van der Waals surface area contributed by atoms with Gasteiger partial charge in [-0.25, -0.2) is 9.78 Å². The van der Waals surface area contributed by atoms with Crippen LogP contribution in [-0.4, -0.2) is 27.0 Å². The number of aryl methyl sites for hydroxylation is 1. The molecule has 3 rings (SSSR count). The molecule has 25 heavy (non-hydrogen) atoms. The summed E-state index contributed by atoms with van der Waals surface area (Å²) in [7, 11) is 0. The van der Waals surface area contributed by atoms with Crippen LogP contribution in [0, 0.1) is 6.92 Å². The quantitative estimate of drug-likeness (QED) is 0.745. The molecule has 6 heteroatoms. The fourth-order valence-electron chi connectivity index (χ4n) is 2.30. The van der Waals surface area contributed by atoms with Gasteiger partial charge in [0.2, 0.25) is 0 Å². The van der Waals surface area contributed by atoms with Crippen molar-refractivity contribution in [2.45, 2.75) is 6.92 Å². The van der Waals surface area contributed by atoms with Gasteiger partial charge < -0.3 is 10.4 Å². The number of anilines is 1. The predicted octanol–water partition coefficient (Wildman–Crippen LogP) is 4.14. The lowest BCUT2D eigenvalue weighted by Crippen LogP contribution is -2.16. The summed E-state index contributed by atoms with van der Waals surface area (Å²) in [4.78, 5) is 32.0. The predicted molar refractivity (Wildman–Crippen MR) is 99.9 cm³/mol. The summed E-state index contributed by atoms with van der Waals surface area (Å²) in [6.07, 6.45) is 1.56. The summed E-state index contributed by atoms with van der Waals surface area (Å²) in [5.74, 6) is -1.34. The van der Waals surface area contributed by atoms with Crippen molar-refractivity contribution in [1.82, 2.24) is 9.97 Å². The van der Waals surface area contributed by atoms with E-state index in [0.717, 1.165) is 0 Å². The van der Waals surface area contributed by atoms with Crippen molar-refractivity contribution < 1.29 is 19.0 Å². The zero-order valence-corrected chi connectivity index (χ0v) is 13.4. The third kappa shape index (κ3) is 3.69. The van der Waals surface area contributed by atoms with Crippen molar-refractivity contribution in [2.75, 3.05) is 5.32 Å². The molecular formula is C19H21N3O3. The second-order valence-corrected chi connectivity index (χ2v) is 5.39. The van der Waals surface area contributed by atoms with Crippen LogP contribution >= 0.6 is 0 Å². The van der Waals surface area contributed by atoms with Crippen LogP contribution in [0.3, 0.4) is 0 Å². The third-order valence-electron chi connectivity index (χ3n) is 3.63. The van der Waals surface area contributed by atoms with Gasteiger partial charge in [-0.3, -0.25) is 9.78 Å². The van der Waals surface area contributed by atoms with Crippen LogP contribution < -0.4 is 5.32 Å². The van der Waals surface area contributed by atoms with E-state index in [4.69, 9.17) is 5.11 Å². The van der Waals surface area contributed by atoms with E-state index >= 15 is 0 Å². The van der Waals surface area contributed by atoms with E-state index in [-0.39, 0.29) is 21.4 Å². The maximum atomic E-state index is 12.5. The van der Waals surface area contributed by atoms with Crippen LogP contribution in [0.15, 0.2) is 60.8 Å². The number of nitrogens with one attached hydrogen (secondary N) is 1. The molecule has 0 fully saturated rings. The lowest BCUT2D eigenvalue weighted by Gasteiger charge is -2.08. The largest absolute Gasteiger partial charge is 0.478 e. The van der Waals surface area contributed by atoms with Crippen LogP contribution in [0.25, 0.3) is 11.3 Å². The summed E-state index contributed by atoms with van der Waals surface area (Å²) in [6.45, 7) is 1.71. The van der Waals surface area contributed by atoms with E-state index in [1.54, 1.807) is 37.4 Å². The Morgan fingerprint density at radius 1 is 1.04 bits per heavy atom. The van der Waals surface area contributed by atoms with E-state index in [9.17, 15) is 9.59 Å². The highest BCUT2D eigenvalue weighted by Gasteiger charge is 2.14. The number of carboxylic acids is 1. The number of amides is 1. The molecule has 0 aliphatic rings. The molecule has 0 saturated carbocycles. The number of aromatic nitrogens is 2. The molecule has 0 saturated heterocycles. The maximum absolute atomic E-state index is 12.5. The zero-order chi connectivity index (χ0) is 17.8. The SMILES string of the molecule is Cc1ncc(-c2ccc(C(=O)O)cc2)nc1C(=O)Nc1ccccc1.[HH].[HH].[HH]. The summed E-state index contributed by atoms with van der Waals surface area (Å²) in [6, 6.07) is 15.4. The molecule has 3 aromatic rings. The molecule has 130 valence electrons. The number of carboxylic acid groups (broad SMARTS) is 1. The highest BCUT2D eigenvalue weighted by Crippen LogP contribution is 2.19. The van der Waals surface area contributed by atoms with Gasteiger partial charge >= 0.3 is 5.97 Å². The van der Waals surface area contributed by atoms with Gasteiger partial charge in [-0.1, -0.05) is 30.3 Å². The van der Waals surface area contributed by atoms with Crippen molar-refractivity contribution in [3.63, 3.8) is 0 Å². The molecule has 6 nitrogen and oxygen atoms in total. The molecule has 0 atom stereocenters. The molecule has 0 aliphatic carbocycles. The Morgan fingerprint density at radius 3 is 2.36 bits per heavy atom. The lowest BCUT2D eigenvalue weighted by molar-refractivity contribution is 0.0696. The van der Waals surface area contributed by atoms with Crippen molar-refractivity contribution in [1.29, 1.82) is 0 Å². The van der Waals surface area contributed by atoms with Crippen molar-refractivity contribution in [3.8, 4) is 11.3 Å². The number of rotatable bonds is 4. The van der Waals surface area contributed by atoms with E-state index in [0.29, 0.717) is 22.6 Å². The average Bonchev–Trinajstić information content (AvgIpc) is 2.63. The minimum atomic E-state index is -0.996. The monoisotopic (exact) mass is 339 g/mol. The van der Waals surface area contributed by atoms with Gasteiger partial charge in [0.25, 0.3) is 5.91 Å². The number of carbonyl (C=O) groups is 2. The highest BCUT2D eigenvalue weighted by atomic mass is 16.4. The van der Waals surface area contributed by atoms with Gasteiger partial charge in [-0.05, 0) is 31.2 Å². The first kappa shape index (κ1) is 16.3. The maximum Gasteiger partial charge on any atom is 0.335 e. The fraction of sp³-hybridized carbons (Fsp3) is 0.0526. The second-order valence-electron chi connectivity index (χ2n) is 5.39.